The minimum Gasteiger partial charge on any atom is -0.338 e. The summed E-state index contributed by atoms with van der Waals surface area (Å²) in [5.74, 6) is 1.30. The van der Waals surface area contributed by atoms with E-state index in [1.54, 1.807) is 0 Å². The fraction of sp³-hybridized carbons (Fsp3) is 0.667. The summed E-state index contributed by atoms with van der Waals surface area (Å²) in [6.45, 7) is 8.64. The number of anilines is 1. The summed E-state index contributed by atoms with van der Waals surface area (Å²) < 4.78 is 0. The number of alkyl halides is 1. The first-order valence-corrected chi connectivity index (χ1v) is 6.60. The van der Waals surface area contributed by atoms with Gasteiger partial charge in [-0.25, -0.2) is 9.97 Å². The van der Waals surface area contributed by atoms with E-state index in [4.69, 9.17) is 11.6 Å². The summed E-state index contributed by atoms with van der Waals surface area (Å²) in [4.78, 5) is 13.4. The van der Waals surface area contributed by atoms with Crippen molar-refractivity contribution in [3.8, 4) is 0 Å². The third kappa shape index (κ3) is 3.07. The average molecular weight is 255 g/mol. The van der Waals surface area contributed by atoms with Crippen molar-refractivity contribution < 1.29 is 0 Å². The Labute approximate surface area is 108 Å². The van der Waals surface area contributed by atoms with Gasteiger partial charge in [0.15, 0.2) is 0 Å². The minimum absolute atomic E-state index is 0.474. The second-order valence-electron chi connectivity index (χ2n) is 4.64. The predicted octanol–water partition coefficient (Wildman–Crippen LogP) is 1.75. The van der Waals surface area contributed by atoms with Gasteiger partial charge in [-0.3, -0.25) is 4.90 Å². The third-order valence-corrected chi connectivity index (χ3v) is 3.48. The summed E-state index contributed by atoms with van der Waals surface area (Å²) in [6.07, 6.45) is 3.62. The second kappa shape index (κ2) is 5.65. The molecule has 2 rings (SSSR count). The number of nitrogens with zero attached hydrogens (tertiary/aromatic N) is 4. The molecule has 0 saturated carbocycles. The van der Waals surface area contributed by atoms with Gasteiger partial charge in [0.25, 0.3) is 0 Å². The highest BCUT2D eigenvalue weighted by atomic mass is 35.5. The zero-order valence-electron chi connectivity index (χ0n) is 10.4. The van der Waals surface area contributed by atoms with Crippen LogP contribution in [0, 0.1) is 0 Å². The highest BCUT2D eigenvalue weighted by molar-refractivity contribution is 6.17. The number of hydrogen-bond donors (Lipinski definition) is 0. The van der Waals surface area contributed by atoms with Crippen LogP contribution in [0.3, 0.4) is 0 Å². The molecular formula is C12H19ClN4. The van der Waals surface area contributed by atoms with Crippen LogP contribution in [-0.2, 0) is 5.88 Å². The van der Waals surface area contributed by atoms with Gasteiger partial charge in [0.05, 0.1) is 5.88 Å². The summed E-state index contributed by atoms with van der Waals surface area (Å²) in [7, 11) is 0. The molecule has 1 aromatic rings. The first-order chi connectivity index (χ1) is 8.20. The Hall–Kier alpha value is -0.870. The van der Waals surface area contributed by atoms with Crippen molar-refractivity contribution in [3.63, 3.8) is 0 Å². The Balaban J connectivity index is 1.95. The van der Waals surface area contributed by atoms with Crippen molar-refractivity contribution in [1.29, 1.82) is 0 Å². The zero-order chi connectivity index (χ0) is 12.3. The van der Waals surface area contributed by atoms with Crippen molar-refractivity contribution in [3.05, 3.63) is 18.0 Å². The average Bonchev–Trinajstić information content (AvgIpc) is 2.39. The zero-order valence-corrected chi connectivity index (χ0v) is 11.2. The Morgan fingerprint density at radius 1 is 1.18 bits per heavy atom. The topological polar surface area (TPSA) is 32.3 Å². The van der Waals surface area contributed by atoms with Crippen molar-refractivity contribution in [2.45, 2.75) is 25.8 Å². The third-order valence-electron chi connectivity index (χ3n) is 3.17. The van der Waals surface area contributed by atoms with Crippen LogP contribution < -0.4 is 4.90 Å². The molecule has 0 aromatic carbocycles. The van der Waals surface area contributed by atoms with Crippen LogP contribution in [0.1, 0.15) is 19.4 Å². The Bertz CT molecular complexity index is 344. The summed E-state index contributed by atoms with van der Waals surface area (Å²) >= 11 is 5.72. The molecule has 0 bridgehead atoms. The number of rotatable bonds is 3. The van der Waals surface area contributed by atoms with E-state index in [-0.39, 0.29) is 0 Å². The van der Waals surface area contributed by atoms with Gasteiger partial charge >= 0.3 is 0 Å². The number of halogens is 1. The molecule has 1 aromatic heterocycles. The Kier molecular flexibility index (Phi) is 4.18. The molecule has 1 aliphatic heterocycles. The van der Waals surface area contributed by atoms with Crippen LogP contribution in [0.2, 0.25) is 0 Å². The monoisotopic (exact) mass is 254 g/mol. The van der Waals surface area contributed by atoms with Gasteiger partial charge in [0.2, 0.25) is 5.95 Å². The van der Waals surface area contributed by atoms with Gasteiger partial charge in [0.1, 0.15) is 0 Å². The summed E-state index contributed by atoms with van der Waals surface area (Å²) in [5.41, 5.74) is 0.969. The van der Waals surface area contributed by atoms with E-state index in [1.807, 2.05) is 12.4 Å². The van der Waals surface area contributed by atoms with Crippen LogP contribution in [-0.4, -0.2) is 47.1 Å². The number of aromatic nitrogens is 2. The van der Waals surface area contributed by atoms with Crippen LogP contribution in [0.4, 0.5) is 5.95 Å². The van der Waals surface area contributed by atoms with E-state index in [2.05, 4.69) is 33.6 Å². The quantitative estimate of drug-likeness (QED) is 0.770. The predicted molar refractivity (Wildman–Crippen MR) is 70.5 cm³/mol. The second-order valence-corrected chi connectivity index (χ2v) is 4.91. The van der Waals surface area contributed by atoms with Gasteiger partial charge in [-0.1, -0.05) is 0 Å². The van der Waals surface area contributed by atoms with Crippen molar-refractivity contribution in [2.75, 3.05) is 31.1 Å². The molecule has 4 nitrogen and oxygen atoms in total. The van der Waals surface area contributed by atoms with Gasteiger partial charge in [-0.15, -0.1) is 11.6 Å². The van der Waals surface area contributed by atoms with E-state index in [0.29, 0.717) is 11.9 Å². The van der Waals surface area contributed by atoms with Crippen molar-refractivity contribution in [2.24, 2.45) is 0 Å². The fourth-order valence-corrected chi connectivity index (χ4v) is 2.16. The standard InChI is InChI=1S/C12H19ClN4/c1-10(2)16-3-5-17(6-4-16)12-14-8-11(7-13)9-15-12/h8-10H,3-7H2,1-2H3. The molecule has 2 heterocycles. The maximum absolute atomic E-state index is 5.72. The number of hydrogen-bond acceptors (Lipinski definition) is 4. The van der Waals surface area contributed by atoms with E-state index < -0.39 is 0 Å². The molecule has 1 saturated heterocycles. The Morgan fingerprint density at radius 2 is 1.76 bits per heavy atom. The van der Waals surface area contributed by atoms with Crippen LogP contribution >= 0.6 is 11.6 Å². The van der Waals surface area contributed by atoms with Crippen LogP contribution in [0.25, 0.3) is 0 Å². The SMILES string of the molecule is CC(C)N1CCN(c2ncc(CCl)cn2)CC1. The molecule has 1 fully saturated rings. The molecule has 5 heteroatoms. The molecule has 1 aliphatic rings. The Morgan fingerprint density at radius 3 is 2.24 bits per heavy atom. The largest absolute Gasteiger partial charge is 0.338 e. The van der Waals surface area contributed by atoms with E-state index in [1.165, 1.54) is 0 Å². The van der Waals surface area contributed by atoms with Gasteiger partial charge in [0, 0.05) is 50.2 Å². The van der Waals surface area contributed by atoms with E-state index >= 15 is 0 Å². The highest BCUT2D eigenvalue weighted by Gasteiger charge is 2.20. The fourth-order valence-electron chi connectivity index (χ4n) is 2.02. The molecule has 0 unspecified atom stereocenters. The molecule has 0 radical (unpaired) electrons. The lowest BCUT2D eigenvalue weighted by Gasteiger charge is -2.36. The lowest BCUT2D eigenvalue weighted by Crippen LogP contribution is -2.49. The maximum Gasteiger partial charge on any atom is 0.225 e. The molecule has 17 heavy (non-hydrogen) atoms. The molecule has 0 amide bonds. The number of piperazine rings is 1. The van der Waals surface area contributed by atoms with E-state index in [9.17, 15) is 0 Å². The van der Waals surface area contributed by atoms with Gasteiger partial charge in [-0.2, -0.15) is 0 Å². The smallest absolute Gasteiger partial charge is 0.225 e. The minimum atomic E-state index is 0.474. The summed E-state index contributed by atoms with van der Waals surface area (Å²) in [6, 6.07) is 0.622. The van der Waals surface area contributed by atoms with Crippen molar-refractivity contribution >= 4 is 17.5 Å². The van der Waals surface area contributed by atoms with Crippen LogP contribution in [0.5, 0.6) is 0 Å². The van der Waals surface area contributed by atoms with E-state index in [0.717, 1.165) is 37.7 Å². The van der Waals surface area contributed by atoms with Crippen LogP contribution in [0.15, 0.2) is 12.4 Å². The van der Waals surface area contributed by atoms with Gasteiger partial charge in [-0.05, 0) is 13.8 Å². The molecule has 0 N–H and O–H groups in total. The molecule has 0 aliphatic carbocycles. The maximum atomic E-state index is 5.72. The summed E-state index contributed by atoms with van der Waals surface area (Å²) in [5, 5.41) is 0. The lowest BCUT2D eigenvalue weighted by atomic mass is 10.2. The van der Waals surface area contributed by atoms with Crippen molar-refractivity contribution in [1.82, 2.24) is 14.9 Å². The first kappa shape index (κ1) is 12.6. The highest BCUT2D eigenvalue weighted by Crippen LogP contribution is 2.12. The lowest BCUT2D eigenvalue weighted by molar-refractivity contribution is 0.208. The first-order valence-electron chi connectivity index (χ1n) is 6.06. The molecule has 94 valence electrons. The molecule has 0 spiro atoms. The molecular weight excluding hydrogens is 236 g/mol. The normalized spacial score (nSPS) is 17.8. The molecule has 0 atom stereocenters. The van der Waals surface area contributed by atoms with Gasteiger partial charge < -0.3 is 4.90 Å².